The highest BCUT2D eigenvalue weighted by Gasteiger charge is 2.16. The van der Waals surface area contributed by atoms with Crippen LogP contribution in [0.1, 0.15) is 48.7 Å². The topological polar surface area (TPSA) is 102 Å². The number of nitrogens with zero attached hydrogens (tertiary/aromatic N) is 6. The molecule has 0 radical (unpaired) electrons. The van der Waals surface area contributed by atoms with Gasteiger partial charge in [-0.15, -0.1) is 15.3 Å². The number of carbonyl (C=O) groups is 1. The molecule has 0 aliphatic rings. The summed E-state index contributed by atoms with van der Waals surface area (Å²) in [4.78, 5) is 16.8. The summed E-state index contributed by atoms with van der Waals surface area (Å²) in [6, 6.07) is 16.2. The third-order valence-electron chi connectivity index (χ3n) is 5.12. The first-order chi connectivity index (χ1) is 15.7. The van der Waals surface area contributed by atoms with Gasteiger partial charge in [-0.25, -0.2) is 9.67 Å². The number of allylic oxidation sites excluding steroid dienone is 2. The molecule has 2 heterocycles. The molecule has 8 heteroatoms. The van der Waals surface area contributed by atoms with Crippen LogP contribution in [0, 0.1) is 0 Å². The Hall–Kier alpha value is -3.94. The van der Waals surface area contributed by atoms with E-state index in [9.17, 15) is 4.79 Å². The summed E-state index contributed by atoms with van der Waals surface area (Å²) < 4.78 is 1.82. The first-order valence-corrected chi connectivity index (χ1v) is 10.7. The molecule has 2 aromatic heterocycles. The van der Waals surface area contributed by atoms with Gasteiger partial charge in [-0.05, 0) is 35.2 Å². The Balaban J connectivity index is 1.59. The Labute approximate surface area is 186 Å². The van der Waals surface area contributed by atoms with Crippen LogP contribution in [0.2, 0.25) is 0 Å². The molecular formula is C24H25N7O. The van der Waals surface area contributed by atoms with Crippen molar-refractivity contribution < 1.29 is 4.79 Å². The Morgan fingerprint density at radius 3 is 2.56 bits per heavy atom. The molecule has 0 saturated carbocycles. The second kappa shape index (κ2) is 9.91. The molecule has 4 aromatic rings. The van der Waals surface area contributed by atoms with Crippen molar-refractivity contribution in [3.63, 3.8) is 0 Å². The van der Waals surface area contributed by atoms with E-state index >= 15 is 0 Å². The van der Waals surface area contributed by atoms with Crippen LogP contribution in [0.15, 0.2) is 60.7 Å². The summed E-state index contributed by atoms with van der Waals surface area (Å²) in [6.07, 6.45) is 5.88. The molecule has 4 rings (SSSR count). The Morgan fingerprint density at radius 1 is 1.09 bits per heavy atom. The summed E-state index contributed by atoms with van der Waals surface area (Å²) in [5.41, 5.74) is 4.08. The lowest BCUT2D eigenvalue weighted by molar-refractivity contribution is 0.0971. The van der Waals surface area contributed by atoms with Gasteiger partial charge in [-0.3, -0.25) is 4.79 Å². The fourth-order valence-corrected chi connectivity index (χ4v) is 3.50. The minimum Gasteiger partial charge on any atom is -0.291 e. The van der Waals surface area contributed by atoms with Crippen molar-refractivity contribution in [1.29, 1.82) is 0 Å². The maximum absolute atomic E-state index is 12.3. The third-order valence-corrected chi connectivity index (χ3v) is 5.12. The van der Waals surface area contributed by atoms with Crippen LogP contribution in [-0.2, 0) is 13.0 Å². The van der Waals surface area contributed by atoms with Gasteiger partial charge < -0.3 is 0 Å². The molecule has 8 nitrogen and oxygen atoms in total. The number of Topliss-reactive ketones (excluding diaryl/α,β-unsaturated/α-hetero) is 1. The van der Waals surface area contributed by atoms with Gasteiger partial charge in [0.2, 0.25) is 17.4 Å². The fourth-order valence-electron chi connectivity index (χ4n) is 3.50. The van der Waals surface area contributed by atoms with Crippen LogP contribution in [0.25, 0.3) is 22.5 Å². The largest absolute Gasteiger partial charge is 0.291 e. The van der Waals surface area contributed by atoms with E-state index in [2.05, 4.69) is 55.0 Å². The van der Waals surface area contributed by atoms with Crippen molar-refractivity contribution in [3.05, 3.63) is 77.9 Å². The van der Waals surface area contributed by atoms with Crippen LogP contribution < -0.4 is 0 Å². The Morgan fingerprint density at radius 2 is 1.88 bits per heavy atom. The molecule has 0 atom stereocenters. The summed E-state index contributed by atoms with van der Waals surface area (Å²) in [6.45, 7) is 4.50. The van der Waals surface area contributed by atoms with Gasteiger partial charge in [-0.1, -0.05) is 67.6 Å². The third kappa shape index (κ3) is 4.69. The van der Waals surface area contributed by atoms with Crippen molar-refractivity contribution in [2.75, 3.05) is 0 Å². The summed E-state index contributed by atoms with van der Waals surface area (Å²) >= 11 is 0. The van der Waals surface area contributed by atoms with Crippen molar-refractivity contribution in [2.24, 2.45) is 0 Å². The molecule has 0 fully saturated rings. The zero-order chi connectivity index (χ0) is 22.3. The van der Waals surface area contributed by atoms with Crippen molar-refractivity contribution in [1.82, 2.24) is 35.4 Å². The van der Waals surface area contributed by atoms with Gasteiger partial charge in [0.25, 0.3) is 0 Å². The fraction of sp³-hybridized carbons (Fsp3) is 0.250. The zero-order valence-corrected chi connectivity index (χ0v) is 18.2. The van der Waals surface area contributed by atoms with Gasteiger partial charge in [-0.2, -0.15) is 5.21 Å². The standard InChI is InChI=1S/C24H25N7O/c1-3-5-11-22-25-24(21(32)8-4-2)28-31(22)16-17-12-14-18(15-13-17)19-9-6-7-10-20(19)23-26-29-30-27-23/h3,5-7,9-10,12-15H,4,8,11,16H2,1-2H3,(H,26,27,29,30)/b5-3+. The molecule has 162 valence electrons. The van der Waals surface area contributed by atoms with E-state index in [0.29, 0.717) is 31.0 Å². The number of hydrogen-bond acceptors (Lipinski definition) is 6. The molecule has 0 unspecified atom stereocenters. The quantitative estimate of drug-likeness (QED) is 0.316. The highest BCUT2D eigenvalue weighted by atomic mass is 16.1. The van der Waals surface area contributed by atoms with Crippen LogP contribution in [0.3, 0.4) is 0 Å². The van der Waals surface area contributed by atoms with Crippen LogP contribution in [0.4, 0.5) is 0 Å². The number of benzene rings is 2. The minimum absolute atomic E-state index is 0.0126. The van der Waals surface area contributed by atoms with Gasteiger partial charge >= 0.3 is 0 Å². The average Bonchev–Trinajstić information content (AvgIpc) is 3.49. The van der Waals surface area contributed by atoms with Crippen LogP contribution in [-0.4, -0.2) is 41.2 Å². The van der Waals surface area contributed by atoms with Crippen molar-refractivity contribution in [2.45, 2.75) is 39.7 Å². The predicted octanol–water partition coefficient (Wildman–Crippen LogP) is 4.27. The lowest BCUT2D eigenvalue weighted by Gasteiger charge is -2.09. The first kappa shape index (κ1) is 21.3. The zero-order valence-electron chi connectivity index (χ0n) is 18.2. The van der Waals surface area contributed by atoms with Crippen molar-refractivity contribution >= 4 is 5.78 Å². The Bertz CT molecular complexity index is 1210. The van der Waals surface area contributed by atoms with Gasteiger partial charge in [0.1, 0.15) is 5.82 Å². The van der Waals surface area contributed by atoms with E-state index in [-0.39, 0.29) is 5.78 Å². The number of ketones is 1. The lowest BCUT2D eigenvalue weighted by atomic mass is 9.98. The van der Waals surface area contributed by atoms with E-state index in [1.807, 2.05) is 54.9 Å². The SMILES string of the molecule is C/C=C/Cc1nc(C(=O)CCC)nn1Cc1ccc(-c2ccccc2-c2nn[nH]n2)cc1. The number of aromatic nitrogens is 7. The van der Waals surface area contributed by atoms with Crippen LogP contribution in [0.5, 0.6) is 0 Å². The van der Waals surface area contributed by atoms with Gasteiger partial charge in [0.15, 0.2) is 0 Å². The molecule has 2 aromatic carbocycles. The highest BCUT2D eigenvalue weighted by molar-refractivity contribution is 5.92. The molecule has 0 aliphatic heterocycles. The molecule has 0 amide bonds. The summed E-state index contributed by atoms with van der Waals surface area (Å²) in [5.74, 6) is 1.64. The van der Waals surface area contributed by atoms with E-state index in [1.54, 1.807) is 0 Å². The number of aromatic amines is 1. The highest BCUT2D eigenvalue weighted by Crippen LogP contribution is 2.29. The molecule has 0 spiro atoms. The number of carbonyl (C=O) groups excluding carboxylic acids is 1. The van der Waals surface area contributed by atoms with Crippen LogP contribution >= 0.6 is 0 Å². The molecule has 0 saturated heterocycles. The molecule has 0 bridgehead atoms. The molecule has 0 aliphatic carbocycles. The maximum atomic E-state index is 12.3. The molecule has 1 N–H and O–H groups in total. The van der Waals surface area contributed by atoms with E-state index in [0.717, 1.165) is 34.5 Å². The number of rotatable bonds is 9. The van der Waals surface area contributed by atoms with Crippen molar-refractivity contribution in [3.8, 4) is 22.5 Å². The number of tetrazole rings is 1. The van der Waals surface area contributed by atoms with E-state index in [1.165, 1.54) is 0 Å². The summed E-state index contributed by atoms with van der Waals surface area (Å²) in [5, 5.41) is 18.9. The lowest BCUT2D eigenvalue weighted by Crippen LogP contribution is -2.07. The van der Waals surface area contributed by atoms with Gasteiger partial charge in [0.05, 0.1) is 6.54 Å². The normalized spacial score (nSPS) is 11.3. The predicted molar refractivity (Wildman–Crippen MR) is 122 cm³/mol. The first-order valence-electron chi connectivity index (χ1n) is 10.7. The van der Waals surface area contributed by atoms with E-state index in [4.69, 9.17) is 0 Å². The second-order valence-electron chi connectivity index (χ2n) is 7.43. The number of hydrogen-bond donors (Lipinski definition) is 1. The molecule has 32 heavy (non-hydrogen) atoms. The van der Waals surface area contributed by atoms with E-state index < -0.39 is 0 Å². The number of H-pyrrole nitrogens is 1. The minimum atomic E-state index is -0.0126. The second-order valence-corrected chi connectivity index (χ2v) is 7.43. The summed E-state index contributed by atoms with van der Waals surface area (Å²) in [7, 11) is 0. The smallest absolute Gasteiger partial charge is 0.217 e. The average molecular weight is 428 g/mol. The maximum Gasteiger partial charge on any atom is 0.217 e. The number of nitrogens with one attached hydrogen (secondary N) is 1. The van der Waals surface area contributed by atoms with Gasteiger partial charge in [0, 0.05) is 18.4 Å². The molecular weight excluding hydrogens is 402 g/mol. The Kier molecular flexibility index (Phi) is 6.60. The monoisotopic (exact) mass is 427 g/mol.